The van der Waals surface area contributed by atoms with Crippen LogP contribution in [0, 0.1) is 12.7 Å². The van der Waals surface area contributed by atoms with Crippen LogP contribution in [0.5, 0.6) is 0 Å². The van der Waals surface area contributed by atoms with Gasteiger partial charge in [-0.05, 0) is 60.6 Å². The minimum absolute atomic E-state index is 0.137. The average Bonchev–Trinajstić information content (AvgIpc) is 3.38. The molecule has 3 heterocycles. The highest BCUT2D eigenvalue weighted by molar-refractivity contribution is 7.15. The van der Waals surface area contributed by atoms with Crippen LogP contribution in [0.25, 0.3) is 16.0 Å². The molecule has 0 radical (unpaired) electrons. The van der Waals surface area contributed by atoms with Crippen molar-refractivity contribution >= 4 is 22.8 Å². The van der Waals surface area contributed by atoms with E-state index >= 15 is 0 Å². The molecule has 5 nitrogen and oxygen atoms in total. The highest BCUT2D eigenvalue weighted by Crippen LogP contribution is 2.44. The quantitative estimate of drug-likeness (QED) is 0.734. The largest absolute Gasteiger partial charge is 0.477 e. The van der Waals surface area contributed by atoms with E-state index in [9.17, 15) is 19.1 Å². The van der Waals surface area contributed by atoms with Gasteiger partial charge in [-0.25, -0.2) is 9.18 Å². The van der Waals surface area contributed by atoms with Crippen LogP contribution in [-0.4, -0.2) is 15.5 Å². The molecule has 7 heteroatoms. The lowest BCUT2D eigenvalue weighted by molar-refractivity contribution is 0.0694. The number of hydrogen-bond acceptors (Lipinski definition) is 4. The molecule has 0 saturated heterocycles. The molecule has 134 valence electrons. The Hall–Kier alpha value is -2.51. The van der Waals surface area contributed by atoms with Crippen molar-refractivity contribution in [2.24, 2.45) is 5.73 Å². The minimum Gasteiger partial charge on any atom is -0.477 e. The first-order chi connectivity index (χ1) is 12.4. The Morgan fingerprint density at radius 2 is 2.15 bits per heavy atom. The number of carboxylic acids is 1. The molecular formula is C19H17FN2O3S. The zero-order valence-electron chi connectivity index (χ0n) is 14.1. The maximum atomic E-state index is 14.0. The molecular weight excluding hydrogens is 355 g/mol. The smallest absolute Gasteiger partial charge is 0.341 e. The van der Waals surface area contributed by atoms with Crippen molar-refractivity contribution in [3.05, 3.63) is 62.1 Å². The van der Waals surface area contributed by atoms with Crippen LogP contribution < -0.4 is 11.3 Å². The highest BCUT2D eigenvalue weighted by Gasteiger charge is 2.29. The van der Waals surface area contributed by atoms with Crippen LogP contribution in [0.2, 0.25) is 0 Å². The first kappa shape index (κ1) is 16.9. The summed E-state index contributed by atoms with van der Waals surface area (Å²) in [5.41, 5.74) is 8.08. The van der Waals surface area contributed by atoms with Crippen molar-refractivity contribution in [3.8, 4) is 10.4 Å². The molecule has 0 spiro atoms. The third-order valence-corrected chi connectivity index (χ3v) is 6.03. The van der Waals surface area contributed by atoms with Crippen molar-refractivity contribution in [1.29, 1.82) is 0 Å². The van der Waals surface area contributed by atoms with E-state index in [0.717, 1.165) is 39.9 Å². The normalized spacial score (nSPS) is 14.1. The standard InChI is InChI=1S/C19H17FN2O3S/c1-9-11(15-7-14(20)16(8-21)26-15)4-5-22-17(9)12(10-2-3-10)6-13(18(22)23)19(24)25/h4-7,10H,2-3,8,21H2,1H3,(H,24,25). The number of aromatic nitrogens is 1. The van der Waals surface area contributed by atoms with Crippen molar-refractivity contribution in [3.63, 3.8) is 0 Å². The Balaban J connectivity index is 2.03. The lowest BCUT2D eigenvalue weighted by Gasteiger charge is -2.14. The first-order valence-electron chi connectivity index (χ1n) is 8.33. The summed E-state index contributed by atoms with van der Waals surface area (Å²) in [6, 6.07) is 4.71. The average molecular weight is 372 g/mol. The summed E-state index contributed by atoms with van der Waals surface area (Å²) in [7, 11) is 0. The van der Waals surface area contributed by atoms with Crippen molar-refractivity contribution < 1.29 is 14.3 Å². The third-order valence-electron chi connectivity index (χ3n) is 4.87. The van der Waals surface area contributed by atoms with Crippen LogP contribution in [0.15, 0.2) is 29.2 Å². The molecule has 26 heavy (non-hydrogen) atoms. The van der Waals surface area contributed by atoms with Crippen molar-refractivity contribution in [2.45, 2.75) is 32.2 Å². The van der Waals surface area contributed by atoms with Gasteiger partial charge < -0.3 is 10.8 Å². The number of rotatable bonds is 4. The van der Waals surface area contributed by atoms with E-state index in [-0.39, 0.29) is 23.8 Å². The molecule has 0 unspecified atom stereocenters. The number of thiophene rings is 1. The molecule has 4 rings (SSSR count). The second-order valence-electron chi connectivity index (χ2n) is 6.56. The molecule has 0 aromatic carbocycles. The summed E-state index contributed by atoms with van der Waals surface area (Å²) in [5.74, 6) is -1.29. The van der Waals surface area contributed by atoms with E-state index in [2.05, 4.69) is 0 Å². The van der Waals surface area contributed by atoms with Crippen LogP contribution >= 0.6 is 11.3 Å². The van der Waals surface area contributed by atoms with E-state index in [1.165, 1.54) is 27.9 Å². The zero-order valence-corrected chi connectivity index (χ0v) is 14.9. The van der Waals surface area contributed by atoms with Gasteiger partial charge in [0.05, 0.1) is 10.4 Å². The molecule has 1 fully saturated rings. The predicted octanol–water partition coefficient (Wildman–Crippen LogP) is 3.51. The van der Waals surface area contributed by atoms with Crippen LogP contribution in [0.4, 0.5) is 4.39 Å². The van der Waals surface area contributed by atoms with Crippen LogP contribution in [0.1, 0.15) is 45.1 Å². The summed E-state index contributed by atoms with van der Waals surface area (Å²) in [6.07, 6.45) is 3.53. The Morgan fingerprint density at radius 3 is 2.73 bits per heavy atom. The topological polar surface area (TPSA) is 84.8 Å². The summed E-state index contributed by atoms with van der Waals surface area (Å²) < 4.78 is 15.4. The summed E-state index contributed by atoms with van der Waals surface area (Å²) >= 11 is 1.30. The maximum absolute atomic E-state index is 14.0. The third kappa shape index (κ3) is 2.55. The number of pyridine rings is 2. The number of halogens is 1. The fourth-order valence-corrected chi connectivity index (χ4v) is 4.40. The second-order valence-corrected chi connectivity index (χ2v) is 7.69. The van der Waals surface area contributed by atoms with Gasteiger partial charge >= 0.3 is 5.97 Å². The van der Waals surface area contributed by atoms with Gasteiger partial charge in [-0.15, -0.1) is 11.3 Å². The van der Waals surface area contributed by atoms with Gasteiger partial charge in [-0.1, -0.05) is 0 Å². The molecule has 0 amide bonds. The number of carbonyl (C=O) groups is 1. The van der Waals surface area contributed by atoms with Gasteiger partial charge in [-0.3, -0.25) is 9.20 Å². The van der Waals surface area contributed by atoms with E-state index < -0.39 is 11.5 Å². The number of fused-ring (bicyclic) bond motifs is 1. The molecule has 3 aromatic heterocycles. The molecule has 0 aliphatic heterocycles. The van der Waals surface area contributed by atoms with Gasteiger partial charge in [0.2, 0.25) is 0 Å². The SMILES string of the molecule is Cc1c(-c2cc(F)c(CN)s2)ccn2c(=O)c(C(=O)O)cc(C3CC3)c12. The molecule has 0 atom stereocenters. The molecule has 3 aromatic rings. The number of aromatic carboxylic acids is 1. The highest BCUT2D eigenvalue weighted by atomic mass is 32.1. The molecule has 1 saturated carbocycles. The number of carboxylic acid groups (broad SMARTS) is 1. The summed E-state index contributed by atoms with van der Waals surface area (Å²) in [6.45, 7) is 2.02. The number of hydrogen-bond donors (Lipinski definition) is 2. The maximum Gasteiger partial charge on any atom is 0.341 e. The molecule has 1 aliphatic rings. The van der Waals surface area contributed by atoms with Crippen molar-refractivity contribution in [2.75, 3.05) is 0 Å². The second kappa shape index (κ2) is 6.03. The predicted molar refractivity (Wildman–Crippen MR) is 98.5 cm³/mol. The van der Waals surface area contributed by atoms with Gasteiger partial charge in [-0.2, -0.15) is 0 Å². The van der Waals surface area contributed by atoms with E-state index in [1.54, 1.807) is 12.3 Å². The number of nitrogens with two attached hydrogens (primary N) is 1. The van der Waals surface area contributed by atoms with Gasteiger partial charge in [0.1, 0.15) is 11.4 Å². The lowest BCUT2D eigenvalue weighted by atomic mass is 10.00. The molecule has 1 aliphatic carbocycles. The Labute approximate surface area is 152 Å². The summed E-state index contributed by atoms with van der Waals surface area (Å²) in [4.78, 5) is 25.3. The van der Waals surface area contributed by atoms with Crippen LogP contribution in [0.3, 0.4) is 0 Å². The van der Waals surface area contributed by atoms with Gasteiger partial charge in [0.15, 0.2) is 0 Å². The fourth-order valence-electron chi connectivity index (χ4n) is 3.40. The van der Waals surface area contributed by atoms with Gasteiger partial charge in [0.25, 0.3) is 5.56 Å². The summed E-state index contributed by atoms with van der Waals surface area (Å²) in [5, 5.41) is 9.35. The molecule has 3 N–H and O–H groups in total. The van der Waals surface area contributed by atoms with E-state index in [1.807, 2.05) is 6.92 Å². The van der Waals surface area contributed by atoms with Crippen LogP contribution in [-0.2, 0) is 6.54 Å². The number of nitrogens with zero attached hydrogens (tertiary/aromatic N) is 1. The Morgan fingerprint density at radius 1 is 1.42 bits per heavy atom. The Bertz CT molecular complexity index is 1110. The Kier molecular flexibility index (Phi) is 3.93. The lowest BCUT2D eigenvalue weighted by Crippen LogP contribution is -2.23. The van der Waals surface area contributed by atoms with E-state index in [0.29, 0.717) is 4.88 Å². The minimum atomic E-state index is -1.22. The van der Waals surface area contributed by atoms with E-state index in [4.69, 9.17) is 5.73 Å². The number of aryl methyl sites for hydroxylation is 1. The van der Waals surface area contributed by atoms with Gasteiger partial charge in [0, 0.05) is 17.6 Å². The zero-order chi connectivity index (χ0) is 18.6. The first-order valence-corrected chi connectivity index (χ1v) is 9.14. The monoisotopic (exact) mass is 372 g/mol. The van der Waals surface area contributed by atoms with Crippen molar-refractivity contribution in [1.82, 2.24) is 4.40 Å². The molecule has 0 bridgehead atoms. The fraction of sp³-hybridized carbons (Fsp3) is 0.263.